The molecule has 46 heavy (non-hydrogen) atoms. The Morgan fingerprint density at radius 2 is 1.17 bits per heavy atom. The fourth-order valence-corrected chi connectivity index (χ4v) is 8.78. The van der Waals surface area contributed by atoms with E-state index in [1.807, 2.05) is 12.1 Å². The number of carbonyl (C=O) groups excluding carboxylic acids is 3. The number of barbiturate groups is 1. The number of para-hydroxylation sites is 2. The van der Waals surface area contributed by atoms with Gasteiger partial charge in [-0.25, -0.2) is 4.79 Å². The molecule has 5 aromatic rings. The Morgan fingerprint density at radius 1 is 0.630 bits per heavy atom. The Kier molecular flexibility index (Phi) is 6.05. The van der Waals surface area contributed by atoms with E-state index in [2.05, 4.69) is 116 Å². The molecule has 6 nitrogen and oxygen atoms in total. The summed E-state index contributed by atoms with van der Waals surface area (Å²) in [6.45, 7) is 4.58. The van der Waals surface area contributed by atoms with Crippen molar-refractivity contribution in [1.82, 2.24) is 9.80 Å². The van der Waals surface area contributed by atoms with Gasteiger partial charge in [0.2, 0.25) is 0 Å². The Balaban J connectivity index is 1.50. The van der Waals surface area contributed by atoms with Crippen LogP contribution in [0.1, 0.15) is 52.1 Å². The normalized spacial score (nSPS) is 17.4. The summed E-state index contributed by atoms with van der Waals surface area (Å²) in [5.74, 6) is -1.21. The van der Waals surface area contributed by atoms with Gasteiger partial charge >= 0.3 is 6.03 Å². The second kappa shape index (κ2) is 9.86. The van der Waals surface area contributed by atoms with E-state index in [1.54, 1.807) is 17.4 Å². The molecule has 0 radical (unpaired) electrons. The number of hydrogen-bond acceptors (Lipinski definition) is 5. The third kappa shape index (κ3) is 3.60. The van der Waals surface area contributed by atoms with Crippen LogP contribution in [0, 0.1) is 0 Å². The van der Waals surface area contributed by atoms with Crippen molar-refractivity contribution in [2.24, 2.45) is 0 Å². The van der Waals surface area contributed by atoms with Crippen LogP contribution < -0.4 is 4.90 Å². The summed E-state index contributed by atoms with van der Waals surface area (Å²) >= 11 is 1.55. The molecule has 0 atom stereocenters. The number of nitrogens with zero attached hydrogens (tertiary/aromatic N) is 3. The number of thiophene rings is 1. The summed E-state index contributed by atoms with van der Waals surface area (Å²) < 4.78 is 0. The fourth-order valence-electron chi connectivity index (χ4n) is 7.60. The SMILES string of the molecule is CN1C(=O)C(=Cc2cc3c(s2)N2c4ccccc4C(C)(C)c4cccc(c42)C3(c2ccccc2)c2ccccc2)C(=O)N(C)C1=O. The lowest BCUT2D eigenvalue weighted by Crippen LogP contribution is -2.52. The third-order valence-corrected chi connectivity index (χ3v) is 10.9. The average Bonchev–Trinajstić information content (AvgIpc) is 3.51. The van der Waals surface area contributed by atoms with Crippen LogP contribution in [0.25, 0.3) is 6.08 Å². The van der Waals surface area contributed by atoms with E-state index >= 15 is 0 Å². The maximum absolute atomic E-state index is 13.3. The summed E-state index contributed by atoms with van der Waals surface area (Å²) in [5.41, 5.74) is 8.22. The van der Waals surface area contributed by atoms with Crippen molar-refractivity contribution in [3.63, 3.8) is 0 Å². The molecule has 3 aliphatic heterocycles. The van der Waals surface area contributed by atoms with Crippen molar-refractivity contribution in [3.8, 4) is 0 Å². The number of urea groups is 1. The maximum atomic E-state index is 13.3. The molecule has 1 saturated heterocycles. The highest BCUT2D eigenvalue weighted by atomic mass is 32.1. The predicted molar refractivity (Wildman–Crippen MR) is 182 cm³/mol. The van der Waals surface area contributed by atoms with Gasteiger partial charge < -0.3 is 4.90 Å². The van der Waals surface area contributed by atoms with Gasteiger partial charge in [0.05, 0.1) is 16.8 Å². The molecular formula is C39H31N3O3S. The number of imide groups is 2. The lowest BCUT2D eigenvalue weighted by Gasteiger charge is -2.50. The summed E-state index contributed by atoms with van der Waals surface area (Å²) in [4.78, 5) is 44.2. The summed E-state index contributed by atoms with van der Waals surface area (Å²) in [6.07, 6.45) is 1.65. The second-order valence-corrected chi connectivity index (χ2v) is 13.7. The minimum atomic E-state index is -0.695. The number of fused-ring (bicyclic) bond motifs is 4. The van der Waals surface area contributed by atoms with Crippen molar-refractivity contribution in [3.05, 3.63) is 153 Å². The van der Waals surface area contributed by atoms with Gasteiger partial charge in [-0.15, -0.1) is 11.3 Å². The average molecular weight is 622 g/mol. The van der Waals surface area contributed by atoms with Gasteiger partial charge in [-0.1, -0.05) is 111 Å². The molecule has 0 spiro atoms. The lowest BCUT2D eigenvalue weighted by molar-refractivity contribution is -0.134. The molecule has 1 aromatic heterocycles. The molecule has 0 N–H and O–H groups in total. The number of amides is 4. The monoisotopic (exact) mass is 621 g/mol. The first-order chi connectivity index (χ1) is 22.2. The molecule has 0 saturated carbocycles. The lowest BCUT2D eigenvalue weighted by atomic mass is 9.61. The molecule has 4 amide bonds. The van der Waals surface area contributed by atoms with Gasteiger partial charge in [0, 0.05) is 30.0 Å². The minimum absolute atomic E-state index is 0.0356. The number of hydrogen-bond donors (Lipinski definition) is 0. The van der Waals surface area contributed by atoms with Crippen LogP contribution in [-0.2, 0) is 20.4 Å². The zero-order valence-corrected chi connectivity index (χ0v) is 26.8. The van der Waals surface area contributed by atoms with E-state index in [1.165, 1.54) is 30.8 Å². The molecular weight excluding hydrogens is 591 g/mol. The van der Waals surface area contributed by atoms with Crippen LogP contribution in [0.4, 0.5) is 21.2 Å². The third-order valence-electron chi connectivity index (χ3n) is 9.84. The van der Waals surface area contributed by atoms with E-state index in [-0.39, 0.29) is 11.0 Å². The zero-order chi connectivity index (χ0) is 32.0. The molecule has 8 rings (SSSR count). The van der Waals surface area contributed by atoms with Crippen LogP contribution in [-0.4, -0.2) is 41.7 Å². The van der Waals surface area contributed by atoms with Crippen LogP contribution in [0.3, 0.4) is 0 Å². The Morgan fingerprint density at radius 3 is 1.80 bits per heavy atom. The van der Waals surface area contributed by atoms with Gasteiger partial charge in [0.25, 0.3) is 11.8 Å². The van der Waals surface area contributed by atoms with E-state index in [4.69, 9.17) is 0 Å². The Hall–Kier alpha value is -5.27. The fraction of sp³-hybridized carbons (Fsp3) is 0.154. The molecule has 4 heterocycles. The van der Waals surface area contributed by atoms with E-state index in [9.17, 15) is 14.4 Å². The smallest absolute Gasteiger partial charge is 0.301 e. The molecule has 4 aromatic carbocycles. The van der Waals surface area contributed by atoms with Crippen LogP contribution in [0.2, 0.25) is 0 Å². The van der Waals surface area contributed by atoms with Crippen LogP contribution >= 0.6 is 11.3 Å². The molecule has 1 fully saturated rings. The van der Waals surface area contributed by atoms with Gasteiger partial charge in [0.1, 0.15) is 10.6 Å². The molecule has 0 unspecified atom stereocenters. The summed E-state index contributed by atoms with van der Waals surface area (Å²) in [5, 5.41) is 1.02. The van der Waals surface area contributed by atoms with Crippen molar-refractivity contribution < 1.29 is 14.4 Å². The zero-order valence-electron chi connectivity index (χ0n) is 25.9. The number of anilines is 3. The largest absolute Gasteiger partial charge is 0.333 e. The standard InChI is InChI=1S/C39H31N3O3S/c1-38(2)28-18-11-12-21-32(28)42-33-29(38)19-13-20-30(33)39(24-14-7-5-8-15-24,25-16-9-6-10-17-25)31-23-26(46-36(31)42)22-27-34(43)40(3)37(45)41(4)35(27)44/h5-23H,1-4H3. The molecule has 7 heteroatoms. The Labute approximate surface area is 271 Å². The van der Waals surface area contributed by atoms with Crippen molar-refractivity contribution in [2.45, 2.75) is 24.7 Å². The highest BCUT2D eigenvalue weighted by Crippen LogP contribution is 2.64. The van der Waals surface area contributed by atoms with Gasteiger partial charge in [-0.2, -0.15) is 0 Å². The van der Waals surface area contributed by atoms with Crippen molar-refractivity contribution in [1.29, 1.82) is 0 Å². The number of carbonyl (C=O) groups is 3. The molecule has 3 aliphatic rings. The van der Waals surface area contributed by atoms with Crippen LogP contribution in [0.5, 0.6) is 0 Å². The van der Waals surface area contributed by atoms with Crippen LogP contribution in [0.15, 0.2) is 115 Å². The van der Waals surface area contributed by atoms with E-state index < -0.39 is 23.3 Å². The Bertz CT molecular complexity index is 2060. The second-order valence-electron chi connectivity index (χ2n) is 12.6. The number of rotatable bonds is 3. The summed E-state index contributed by atoms with van der Waals surface area (Å²) in [6, 6.07) is 37.9. The maximum Gasteiger partial charge on any atom is 0.333 e. The van der Waals surface area contributed by atoms with Gasteiger partial charge in [0.15, 0.2) is 0 Å². The molecule has 0 bridgehead atoms. The predicted octanol–water partition coefficient (Wildman–Crippen LogP) is 7.99. The van der Waals surface area contributed by atoms with Crippen molar-refractivity contribution >= 4 is 51.6 Å². The summed E-state index contributed by atoms with van der Waals surface area (Å²) in [7, 11) is 2.81. The van der Waals surface area contributed by atoms with Crippen molar-refractivity contribution in [2.75, 3.05) is 19.0 Å². The van der Waals surface area contributed by atoms with E-state index in [0.717, 1.165) is 47.7 Å². The first-order valence-corrected chi connectivity index (χ1v) is 16.1. The number of benzene rings is 4. The minimum Gasteiger partial charge on any atom is -0.301 e. The van der Waals surface area contributed by atoms with Gasteiger partial charge in [-0.3, -0.25) is 19.4 Å². The first kappa shape index (κ1) is 28.2. The molecule has 226 valence electrons. The topological polar surface area (TPSA) is 60.9 Å². The highest BCUT2D eigenvalue weighted by Gasteiger charge is 2.51. The molecule has 0 aliphatic carbocycles. The number of likely N-dealkylation sites (N-methyl/N-ethyl adjacent to an activating group) is 2. The highest BCUT2D eigenvalue weighted by molar-refractivity contribution is 7.17. The van der Waals surface area contributed by atoms with E-state index in [0.29, 0.717) is 0 Å². The quantitative estimate of drug-likeness (QED) is 0.149. The first-order valence-electron chi connectivity index (χ1n) is 15.3. The van der Waals surface area contributed by atoms with Gasteiger partial charge in [-0.05, 0) is 46.0 Å².